The van der Waals surface area contributed by atoms with E-state index in [0.29, 0.717) is 6.04 Å². The first-order valence-electron chi connectivity index (χ1n) is 5.97. The Morgan fingerprint density at radius 3 is 2.93 bits per heavy atom. The van der Waals surface area contributed by atoms with Gasteiger partial charge in [-0.1, -0.05) is 26.7 Å². The maximum atomic E-state index is 4.28. The molecule has 1 aromatic heterocycles. The fourth-order valence-electron chi connectivity index (χ4n) is 1.67. The predicted molar refractivity (Wildman–Crippen MR) is 67.4 cm³/mol. The highest BCUT2D eigenvalue weighted by Crippen LogP contribution is 2.05. The number of nitrogens with zero attached hydrogens (tertiary/aromatic N) is 1. The quantitative estimate of drug-likeness (QED) is 0.736. The molecule has 0 aliphatic heterocycles. The van der Waals surface area contributed by atoms with Crippen LogP contribution in [0.4, 0.5) is 0 Å². The van der Waals surface area contributed by atoms with E-state index in [2.05, 4.69) is 29.5 Å². The van der Waals surface area contributed by atoms with Gasteiger partial charge in [0.15, 0.2) is 0 Å². The van der Waals surface area contributed by atoms with Crippen molar-refractivity contribution in [1.82, 2.24) is 10.3 Å². The van der Waals surface area contributed by atoms with Gasteiger partial charge in [-0.25, -0.2) is 4.98 Å². The topological polar surface area (TPSA) is 24.9 Å². The Labute approximate surface area is 97.1 Å². The third kappa shape index (κ3) is 5.28. The first kappa shape index (κ1) is 12.7. The van der Waals surface area contributed by atoms with E-state index in [1.807, 2.05) is 5.51 Å². The number of hydrogen-bond acceptors (Lipinski definition) is 3. The van der Waals surface area contributed by atoms with Gasteiger partial charge in [0, 0.05) is 24.4 Å². The summed E-state index contributed by atoms with van der Waals surface area (Å²) in [7, 11) is 0. The Balaban J connectivity index is 2.11. The molecule has 1 unspecified atom stereocenters. The van der Waals surface area contributed by atoms with Gasteiger partial charge in [-0.05, 0) is 12.8 Å². The summed E-state index contributed by atoms with van der Waals surface area (Å²) in [6, 6.07) is 0.698. The van der Waals surface area contributed by atoms with Gasteiger partial charge in [0.05, 0.1) is 11.2 Å². The molecule has 1 heterocycles. The van der Waals surface area contributed by atoms with Crippen LogP contribution in [0.1, 0.15) is 45.2 Å². The van der Waals surface area contributed by atoms with Gasteiger partial charge in [0.1, 0.15) is 0 Å². The van der Waals surface area contributed by atoms with Crippen LogP contribution in [-0.2, 0) is 6.42 Å². The van der Waals surface area contributed by atoms with Gasteiger partial charge in [-0.3, -0.25) is 0 Å². The predicted octanol–water partition coefficient (Wildman–Crippen LogP) is 3.24. The van der Waals surface area contributed by atoms with Crippen molar-refractivity contribution in [2.75, 3.05) is 6.54 Å². The van der Waals surface area contributed by atoms with Gasteiger partial charge in [0.2, 0.25) is 0 Å². The van der Waals surface area contributed by atoms with E-state index >= 15 is 0 Å². The van der Waals surface area contributed by atoms with Gasteiger partial charge in [-0.2, -0.15) is 0 Å². The fourth-order valence-corrected chi connectivity index (χ4v) is 2.26. The lowest BCUT2D eigenvalue weighted by atomic mass is 10.1. The average molecular weight is 226 g/mol. The van der Waals surface area contributed by atoms with E-state index in [1.165, 1.54) is 31.4 Å². The molecule has 0 spiro atoms. The molecule has 0 aliphatic carbocycles. The number of thiazole rings is 1. The molecule has 0 saturated heterocycles. The zero-order valence-electron chi connectivity index (χ0n) is 9.83. The van der Waals surface area contributed by atoms with Crippen molar-refractivity contribution in [2.24, 2.45) is 0 Å². The van der Waals surface area contributed by atoms with E-state index in [-0.39, 0.29) is 0 Å². The molecule has 0 radical (unpaired) electrons. The Morgan fingerprint density at radius 1 is 1.47 bits per heavy atom. The fraction of sp³-hybridized carbons (Fsp3) is 0.750. The Bertz CT molecular complexity index is 234. The summed E-state index contributed by atoms with van der Waals surface area (Å²) >= 11 is 1.68. The van der Waals surface area contributed by atoms with Crippen molar-refractivity contribution < 1.29 is 0 Å². The van der Waals surface area contributed by atoms with Crippen LogP contribution in [0.2, 0.25) is 0 Å². The third-order valence-corrected chi connectivity index (χ3v) is 3.33. The van der Waals surface area contributed by atoms with Crippen molar-refractivity contribution >= 4 is 11.3 Å². The van der Waals surface area contributed by atoms with Crippen molar-refractivity contribution in [3.8, 4) is 0 Å². The van der Waals surface area contributed by atoms with Crippen LogP contribution in [0.25, 0.3) is 0 Å². The monoisotopic (exact) mass is 226 g/mol. The number of nitrogens with one attached hydrogen (secondary N) is 1. The van der Waals surface area contributed by atoms with Crippen molar-refractivity contribution in [2.45, 2.75) is 52.0 Å². The van der Waals surface area contributed by atoms with Gasteiger partial charge < -0.3 is 5.32 Å². The Hall–Kier alpha value is -0.410. The van der Waals surface area contributed by atoms with Crippen molar-refractivity contribution in [1.29, 1.82) is 0 Å². The Morgan fingerprint density at radius 2 is 2.33 bits per heavy atom. The highest BCUT2D eigenvalue weighted by molar-refractivity contribution is 7.07. The minimum absolute atomic E-state index is 0.698. The average Bonchev–Trinajstić information content (AvgIpc) is 2.76. The van der Waals surface area contributed by atoms with Crippen LogP contribution in [0.15, 0.2) is 10.9 Å². The van der Waals surface area contributed by atoms with E-state index in [4.69, 9.17) is 0 Å². The molecule has 86 valence electrons. The molecule has 1 N–H and O–H groups in total. The van der Waals surface area contributed by atoms with Gasteiger partial charge in [-0.15, -0.1) is 11.3 Å². The molecule has 0 amide bonds. The minimum Gasteiger partial charge on any atom is -0.314 e. The molecule has 0 fully saturated rings. The smallest absolute Gasteiger partial charge is 0.0794 e. The second-order valence-corrected chi connectivity index (χ2v) is 4.65. The largest absolute Gasteiger partial charge is 0.314 e. The summed E-state index contributed by atoms with van der Waals surface area (Å²) in [5, 5.41) is 5.74. The SMILES string of the molecule is CCCCC(CC)NCCc1cscn1. The Kier molecular flexibility index (Phi) is 6.60. The van der Waals surface area contributed by atoms with Crippen LogP contribution >= 0.6 is 11.3 Å². The van der Waals surface area contributed by atoms with E-state index in [1.54, 1.807) is 11.3 Å². The summed E-state index contributed by atoms with van der Waals surface area (Å²) in [5.74, 6) is 0. The number of aromatic nitrogens is 1. The van der Waals surface area contributed by atoms with Gasteiger partial charge in [0.25, 0.3) is 0 Å². The molecular weight excluding hydrogens is 204 g/mol. The van der Waals surface area contributed by atoms with E-state index in [9.17, 15) is 0 Å². The highest BCUT2D eigenvalue weighted by Gasteiger charge is 2.04. The maximum Gasteiger partial charge on any atom is 0.0794 e. The van der Waals surface area contributed by atoms with Crippen LogP contribution in [0.5, 0.6) is 0 Å². The normalized spacial score (nSPS) is 12.9. The number of unbranched alkanes of at least 4 members (excludes halogenated alkanes) is 1. The molecule has 0 aliphatic rings. The first-order valence-corrected chi connectivity index (χ1v) is 6.91. The first-order chi connectivity index (χ1) is 7.36. The summed E-state index contributed by atoms with van der Waals surface area (Å²) in [5.41, 5.74) is 3.13. The maximum absolute atomic E-state index is 4.28. The molecule has 2 nitrogen and oxygen atoms in total. The van der Waals surface area contributed by atoms with Crippen LogP contribution in [-0.4, -0.2) is 17.6 Å². The second-order valence-electron chi connectivity index (χ2n) is 3.93. The summed E-state index contributed by atoms with van der Waals surface area (Å²) in [6.45, 7) is 5.57. The lowest BCUT2D eigenvalue weighted by Gasteiger charge is -2.15. The lowest BCUT2D eigenvalue weighted by Crippen LogP contribution is -2.30. The summed E-state index contributed by atoms with van der Waals surface area (Å²) < 4.78 is 0. The molecule has 3 heteroatoms. The standard InChI is InChI=1S/C12H22N2S/c1-3-5-6-11(4-2)13-8-7-12-9-15-10-14-12/h9-11,13H,3-8H2,1-2H3. The zero-order chi connectivity index (χ0) is 10.9. The van der Waals surface area contributed by atoms with Crippen LogP contribution in [0, 0.1) is 0 Å². The molecule has 0 saturated carbocycles. The molecule has 0 aromatic carbocycles. The molecule has 15 heavy (non-hydrogen) atoms. The van der Waals surface area contributed by atoms with Crippen LogP contribution in [0.3, 0.4) is 0 Å². The second kappa shape index (κ2) is 7.83. The van der Waals surface area contributed by atoms with Crippen molar-refractivity contribution in [3.05, 3.63) is 16.6 Å². The zero-order valence-corrected chi connectivity index (χ0v) is 10.6. The third-order valence-electron chi connectivity index (χ3n) is 2.70. The van der Waals surface area contributed by atoms with Gasteiger partial charge >= 0.3 is 0 Å². The number of rotatable bonds is 8. The molecule has 1 rings (SSSR count). The molecule has 1 atom stereocenters. The minimum atomic E-state index is 0.698. The molecule has 1 aromatic rings. The van der Waals surface area contributed by atoms with E-state index < -0.39 is 0 Å². The summed E-state index contributed by atoms with van der Waals surface area (Å²) in [4.78, 5) is 4.28. The summed E-state index contributed by atoms with van der Waals surface area (Å²) in [6.07, 6.45) is 6.24. The van der Waals surface area contributed by atoms with E-state index in [0.717, 1.165) is 13.0 Å². The van der Waals surface area contributed by atoms with Crippen molar-refractivity contribution in [3.63, 3.8) is 0 Å². The van der Waals surface area contributed by atoms with Crippen LogP contribution < -0.4 is 5.32 Å². The number of hydrogen-bond donors (Lipinski definition) is 1. The molecule has 0 bridgehead atoms. The highest BCUT2D eigenvalue weighted by atomic mass is 32.1. The molecular formula is C12H22N2S. The lowest BCUT2D eigenvalue weighted by molar-refractivity contribution is 0.455.